The molecule has 14 nitrogen and oxygen atoms in total. The molecule has 3 aromatic rings. The number of thiazole rings is 1. The Morgan fingerprint density at radius 2 is 1.95 bits per heavy atom. The average molecular weight is 621 g/mol. The van der Waals surface area contributed by atoms with Crippen LogP contribution in [-0.4, -0.2) is 69.0 Å². The fourth-order valence-corrected chi connectivity index (χ4v) is 5.29. The molecule has 1 aliphatic heterocycles. The van der Waals surface area contributed by atoms with Crippen LogP contribution in [0, 0.1) is 5.92 Å². The van der Waals surface area contributed by atoms with Gasteiger partial charge < -0.3 is 15.3 Å². The molecule has 226 valence electrons. The van der Waals surface area contributed by atoms with Gasteiger partial charge in [-0.15, -0.1) is 15.6 Å². The van der Waals surface area contributed by atoms with Crippen LogP contribution in [0.15, 0.2) is 47.2 Å². The van der Waals surface area contributed by atoms with Crippen molar-refractivity contribution in [1.29, 1.82) is 0 Å². The predicted molar refractivity (Wildman–Crippen MR) is 154 cm³/mol. The summed E-state index contributed by atoms with van der Waals surface area (Å²) in [6.07, 6.45) is 5.68. The first-order chi connectivity index (χ1) is 19.9. The zero-order valence-electron chi connectivity index (χ0n) is 23.3. The van der Waals surface area contributed by atoms with Crippen molar-refractivity contribution >= 4 is 44.3 Å². The number of nitrogens with two attached hydrogens (primary N) is 1. The zero-order chi connectivity index (χ0) is 30.5. The first-order valence-corrected chi connectivity index (χ1v) is 15.3. The van der Waals surface area contributed by atoms with Crippen molar-refractivity contribution in [3.63, 3.8) is 0 Å². The Morgan fingerprint density at radius 3 is 2.57 bits per heavy atom. The second-order valence-corrected chi connectivity index (χ2v) is 11.9. The fraction of sp³-hybridized carbons (Fsp3) is 0.423. The SMILES string of the molecule is CCCCn1cc(-c2ccc(OCCO/N=C(\C(=O)CC3C(=O)N(OS(=O)(=O)O)C3(C)C)c3csc(N)n3)cc2)cn1. The molecule has 1 saturated heterocycles. The van der Waals surface area contributed by atoms with Gasteiger partial charge in [-0.2, -0.15) is 18.6 Å². The molecule has 3 heterocycles. The summed E-state index contributed by atoms with van der Waals surface area (Å²) in [7, 11) is -4.91. The standard InChI is InChI=1S/C26H32N6O8S2/c1-4-5-10-31-15-18(14-28-31)17-6-8-19(9-7-17)38-11-12-39-30-23(21-16-41-25(27)29-21)22(33)13-20-24(34)32(26(20,2)3)40-42(35,36)37/h6-9,14-16,20H,4-5,10-13H2,1-3H3,(H2,27,29)(H,35,36,37)/b30-23-. The number of carbonyl (C=O) groups is 2. The molecule has 0 radical (unpaired) electrons. The van der Waals surface area contributed by atoms with Gasteiger partial charge in [-0.3, -0.25) is 18.8 Å². The van der Waals surface area contributed by atoms with Gasteiger partial charge in [-0.25, -0.2) is 4.98 Å². The number of anilines is 1. The van der Waals surface area contributed by atoms with E-state index < -0.39 is 33.5 Å². The number of hydroxylamine groups is 2. The molecule has 2 aromatic heterocycles. The minimum absolute atomic E-state index is 0.00613. The predicted octanol–water partition coefficient (Wildman–Crippen LogP) is 3.12. The third-order valence-electron chi connectivity index (χ3n) is 6.62. The number of ketones is 1. The third kappa shape index (κ3) is 7.50. The molecule has 16 heteroatoms. The average Bonchev–Trinajstić information content (AvgIpc) is 3.60. The van der Waals surface area contributed by atoms with Crippen LogP contribution in [0.2, 0.25) is 0 Å². The number of β-lactam (4-membered cyclic amide) rings is 1. The molecule has 0 aliphatic carbocycles. The molecule has 1 unspecified atom stereocenters. The Bertz CT molecular complexity index is 1550. The maximum Gasteiger partial charge on any atom is 0.418 e. The lowest BCUT2D eigenvalue weighted by Crippen LogP contribution is -2.68. The number of nitrogen functional groups attached to an aromatic ring is 1. The summed E-state index contributed by atoms with van der Waals surface area (Å²) < 4.78 is 43.0. The number of benzene rings is 1. The lowest BCUT2D eigenvalue weighted by atomic mass is 9.74. The summed E-state index contributed by atoms with van der Waals surface area (Å²) in [4.78, 5) is 35.1. The van der Waals surface area contributed by atoms with E-state index >= 15 is 0 Å². The Kier molecular flexibility index (Phi) is 9.60. The highest BCUT2D eigenvalue weighted by Gasteiger charge is 2.57. The van der Waals surface area contributed by atoms with Crippen molar-refractivity contribution < 1.29 is 36.4 Å². The number of ether oxygens (including phenoxy) is 1. The van der Waals surface area contributed by atoms with Gasteiger partial charge in [0.25, 0.3) is 5.91 Å². The van der Waals surface area contributed by atoms with Gasteiger partial charge in [-0.05, 0) is 38.0 Å². The van der Waals surface area contributed by atoms with Crippen LogP contribution >= 0.6 is 11.3 Å². The smallest absolute Gasteiger partial charge is 0.418 e. The van der Waals surface area contributed by atoms with Crippen molar-refractivity contribution in [3.8, 4) is 16.9 Å². The van der Waals surface area contributed by atoms with E-state index in [1.54, 1.807) is 0 Å². The van der Waals surface area contributed by atoms with E-state index in [1.165, 1.54) is 19.2 Å². The molecule has 4 rings (SSSR count). The van der Waals surface area contributed by atoms with Gasteiger partial charge in [-0.1, -0.05) is 30.6 Å². The zero-order valence-corrected chi connectivity index (χ0v) is 24.9. The van der Waals surface area contributed by atoms with Crippen LogP contribution in [0.4, 0.5) is 5.13 Å². The van der Waals surface area contributed by atoms with Gasteiger partial charge in [0.15, 0.2) is 23.2 Å². The Labute approximate surface area is 247 Å². The largest absolute Gasteiger partial charge is 0.490 e. The molecular weight excluding hydrogens is 588 g/mol. The fourth-order valence-electron chi connectivity index (χ4n) is 4.29. The number of aromatic nitrogens is 3. The normalized spacial score (nSPS) is 16.8. The lowest BCUT2D eigenvalue weighted by Gasteiger charge is -2.50. The molecular formula is C26H32N6O8S2. The number of rotatable bonds is 15. The lowest BCUT2D eigenvalue weighted by molar-refractivity contribution is -0.228. The maximum absolute atomic E-state index is 13.2. The molecule has 1 aliphatic rings. The summed E-state index contributed by atoms with van der Waals surface area (Å²) >= 11 is 1.10. The van der Waals surface area contributed by atoms with Crippen LogP contribution < -0.4 is 10.5 Å². The highest BCUT2D eigenvalue weighted by molar-refractivity contribution is 7.80. The maximum atomic E-state index is 13.2. The Balaban J connectivity index is 1.33. The Morgan fingerprint density at radius 1 is 1.21 bits per heavy atom. The first kappa shape index (κ1) is 31.1. The van der Waals surface area contributed by atoms with Gasteiger partial charge in [0, 0.05) is 30.1 Å². The van der Waals surface area contributed by atoms with Crippen LogP contribution in [0.5, 0.6) is 5.75 Å². The molecule has 1 amide bonds. The summed E-state index contributed by atoms with van der Waals surface area (Å²) in [5.41, 5.74) is 6.58. The number of nitrogens with zero attached hydrogens (tertiary/aromatic N) is 5. The monoisotopic (exact) mass is 620 g/mol. The summed E-state index contributed by atoms with van der Waals surface area (Å²) in [6, 6.07) is 7.54. The van der Waals surface area contributed by atoms with Gasteiger partial charge >= 0.3 is 10.4 Å². The summed E-state index contributed by atoms with van der Waals surface area (Å²) in [5, 5.41) is 10.6. The first-order valence-electron chi connectivity index (χ1n) is 13.1. The molecule has 42 heavy (non-hydrogen) atoms. The van der Waals surface area contributed by atoms with Crippen molar-refractivity contribution in [1.82, 2.24) is 19.8 Å². The molecule has 0 spiro atoms. The number of carbonyl (C=O) groups excluding carboxylic acids is 2. The van der Waals surface area contributed by atoms with Gasteiger partial charge in [0.1, 0.15) is 18.1 Å². The third-order valence-corrected chi connectivity index (χ3v) is 7.63. The van der Waals surface area contributed by atoms with Gasteiger partial charge in [0.2, 0.25) is 0 Å². The summed E-state index contributed by atoms with van der Waals surface area (Å²) in [5.74, 6) is -1.68. The van der Waals surface area contributed by atoms with Crippen LogP contribution in [0.3, 0.4) is 0 Å². The summed E-state index contributed by atoms with van der Waals surface area (Å²) in [6.45, 7) is 6.15. The number of Topliss-reactive ketones (excluding diaryl/α,β-unsaturated/α-hetero) is 1. The quantitative estimate of drug-likeness (QED) is 0.0835. The number of hydrogen-bond donors (Lipinski definition) is 2. The van der Waals surface area contributed by atoms with Crippen LogP contribution in [0.1, 0.15) is 45.7 Å². The second-order valence-electron chi connectivity index (χ2n) is 10.0. The molecule has 1 aromatic carbocycles. The van der Waals surface area contributed by atoms with E-state index in [2.05, 4.69) is 26.4 Å². The van der Waals surface area contributed by atoms with Crippen LogP contribution in [0.25, 0.3) is 11.1 Å². The topological polar surface area (TPSA) is 189 Å². The van der Waals surface area contributed by atoms with Gasteiger partial charge in [0.05, 0.1) is 17.7 Å². The van der Waals surface area contributed by atoms with Crippen LogP contribution in [-0.2, 0) is 35.7 Å². The number of unbranched alkanes of at least 4 members (excludes halogenated alkanes) is 1. The van der Waals surface area contributed by atoms with E-state index in [0.29, 0.717) is 10.8 Å². The number of oxime groups is 1. The van der Waals surface area contributed by atoms with E-state index in [-0.39, 0.29) is 36.2 Å². The minimum Gasteiger partial charge on any atom is -0.490 e. The minimum atomic E-state index is -4.91. The van der Waals surface area contributed by atoms with E-state index in [1.807, 2.05) is 41.3 Å². The van der Waals surface area contributed by atoms with Crippen molar-refractivity contribution in [2.24, 2.45) is 11.1 Å². The second kappa shape index (κ2) is 13.0. The molecule has 3 N–H and O–H groups in total. The van der Waals surface area contributed by atoms with Crippen molar-refractivity contribution in [3.05, 3.63) is 47.7 Å². The molecule has 0 bridgehead atoms. The van der Waals surface area contributed by atoms with Crippen molar-refractivity contribution in [2.75, 3.05) is 18.9 Å². The highest BCUT2D eigenvalue weighted by atomic mass is 32.3. The highest BCUT2D eigenvalue weighted by Crippen LogP contribution is 2.40. The van der Waals surface area contributed by atoms with E-state index in [4.69, 9.17) is 19.9 Å². The Hall–Kier alpha value is -3.86. The molecule has 1 atom stereocenters. The van der Waals surface area contributed by atoms with E-state index in [9.17, 15) is 18.0 Å². The van der Waals surface area contributed by atoms with Crippen molar-refractivity contribution in [2.45, 2.75) is 52.1 Å². The number of aryl methyl sites for hydroxylation is 1. The van der Waals surface area contributed by atoms with E-state index in [0.717, 1.165) is 41.9 Å². The molecule has 1 fully saturated rings. The number of amides is 1. The number of hydrogen-bond acceptors (Lipinski definition) is 12. The molecule has 0 saturated carbocycles.